The van der Waals surface area contributed by atoms with Crippen molar-refractivity contribution in [2.75, 3.05) is 26.7 Å². The summed E-state index contributed by atoms with van der Waals surface area (Å²) in [5.74, 6) is 1.05. The maximum atomic E-state index is 11.4. The van der Waals surface area contributed by atoms with Crippen LogP contribution in [-0.4, -0.2) is 43.7 Å². The lowest BCUT2D eigenvalue weighted by Gasteiger charge is -2.23. The highest BCUT2D eigenvalue weighted by molar-refractivity contribution is 5.76. The molecule has 1 saturated heterocycles. The Kier molecular flexibility index (Phi) is 3.89. The van der Waals surface area contributed by atoms with Gasteiger partial charge in [-0.25, -0.2) is 0 Å². The van der Waals surface area contributed by atoms with E-state index in [0.29, 0.717) is 18.4 Å². The van der Waals surface area contributed by atoms with Crippen LogP contribution in [0.3, 0.4) is 0 Å². The van der Waals surface area contributed by atoms with Crippen LogP contribution in [0.5, 0.6) is 0 Å². The molecule has 0 aromatic heterocycles. The minimum absolute atomic E-state index is 0.214. The van der Waals surface area contributed by atoms with Crippen molar-refractivity contribution in [1.29, 1.82) is 0 Å². The number of carbonyl (C=O) groups excluding carboxylic acids is 1. The molecule has 0 amide bonds. The SMILES string of the molecule is COC(=O)C(CN)N1CC(C)C(C)C1. The molecule has 82 valence electrons. The number of nitrogens with two attached hydrogens (primary N) is 1. The third-order valence-electron chi connectivity index (χ3n) is 3.15. The van der Waals surface area contributed by atoms with Crippen molar-refractivity contribution in [2.24, 2.45) is 17.6 Å². The molecular formula is C10H20N2O2. The lowest BCUT2D eigenvalue weighted by Crippen LogP contribution is -2.45. The zero-order valence-corrected chi connectivity index (χ0v) is 9.19. The van der Waals surface area contributed by atoms with E-state index < -0.39 is 0 Å². The van der Waals surface area contributed by atoms with Gasteiger partial charge in [0.15, 0.2) is 0 Å². The highest BCUT2D eigenvalue weighted by Gasteiger charge is 2.34. The molecule has 1 rings (SSSR count). The summed E-state index contributed by atoms with van der Waals surface area (Å²) in [5, 5.41) is 0. The van der Waals surface area contributed by atoms with Crippen LogP contribution in [0.4, 0.5) is 0 Å². The van der Waals surface area contributed by atoms with Crippen LogP contribution in [0.15, 0.2) is 0 Å². The van der Waals surface area contributed by atoms with Crippen LogP contribution < -0.4 is 5.73 Å². The number of likely N-dealkylation sites (tertiary alicyclic amines) is 1. The Hall–Kier alpha value is -0.610. The molecule has 0 radical (unpaired) electrons. The topological polar surface area (TPSA) is 55.6 Å². The van der Waals surface area contributed by atoms with Gasteiger partial charge in [-0.05, 0) is 11.8 Å². The number of hydrogen-bond acceptors (Lipinski definition) is 4. The molecule has 3 atom stereocenters. The van der Waals surface area contributed by atoms with Gasteiger partial charge in [0, 0.05) is 19.6 Å². The molecule has 1 fully saturated rings. The standard InChI is InChI=1S/C10H20N2O2/c1-7-5-12(6-8(7)2)9(4-11)10(13)14-3/h7-9H,4-6,11H2,1-3H3. The first kappa shape index (κ1) is 11.5. The van der Waals surface area contributed by atoms with Crippen LogP contribution in [0, 0.1) is 11.8 Å². The first-order chi connectivity index (χ1) is 6.60. The van der Waals surface area contributed by atoms with Gasteiger partial charge in [-0.15, -0.1) is 0 Å². The van der Waals surface area contributed by atoms with Crippen molar-refractivity contribution in [3.05, 3.63) is 0 Å². The Morgan fingerprint density at radius 2 is 2.00 bits per heavy atom. The minimum atomic E-state index is -0.257. The molecule has 0 spiro atoms. The average molecular weight is 200 g/mol. The molecule has 2 N–H and O–H groups in total. The average Bonchev–Trinajstić information content (AvgIpc) is 2.48. The predicted octanol–water partition coefficient (Wildman–Crippen LogP) is 0.0745. The van der Waals surface area contributed by atoms with E-state index in [1.54, 1.807) is 0 Å². The first-order valence-electron chi connectivity index (χ1n) is 5.12. The third-order valence-corrected chi connectivity index (χ3v) is 3.15. The zero-order chi connectivity index (χ0) is 10.7. The lowest BCUT2D eigenvalue weighted by atomic mass is 10.0. The van der Waals surface area contributed by atoms with E-state index in [0.717, 1.165) is 13.1 Å². The molecule has 4 nitrogen and oxygen atoms in total. The Morgan fingerprint density at radius 1 is 1.50 bits per heavy atom. The van der Waals surface area contributed by atoms with Crippen LogP contribution in [0.1, 0.15) is 13.8 Å². The fraction of sp³-hybridized carbons (Fsp3) is 0.900. The third kappa shape index (κ3) is 2.25. The second-order valence-electron chi connectivity index (χ2n) is 4.18. The zero-order valence-electron chi connectivity index (χ0n) is 9.19. The van der Waals surface area contributed by atoms with E-state index >= 15 is 0 Å². The van der Waals surface area contributed by atoms with Crippen LogP contribution in [0.25, 0.3) is 0 Å². The fourth-order valence-electron chi connectivity index (χ4n) is 1.96. The predicted molar refractivity (Wildman–Crippen MR) is 54.8 cm³/mol. The van der Waals surface area contributed by atoms with Crippen molar-refractivity contribution < 1.29 is 9.53 Å². The van der Waals surface area contributed by atoms with Gasteiger partial charge in [-0.1, -0.05) is 13.8 Å². The molecule has 0 saturated carbocycles. The highest BCUT2D eigenvalue weighted by Crippen LogP contribution is 2.23. The van der Waals surface area contributed by atoms with E-state index in [2.05, 4.69) is 18.7 Å². The molecule has 0 bridgehead atoms. The second-order valence-corrected chi connectivity index (χ2v) is 4.18. The second kappa shape index (κ2) is 4.75. The fourth-order valence-corrected chi connectivity index (χ4v) is 1.96. The summed E-state index contributed by atoms with van der Waals surface area (Å²) in [6.45, 7) is 6.63. The van der Waals surface area contributed by atoms with E-state index in [9.17, 15) is 4.79 Å². The largest absolute Gasteiger partial charge is 0.468 e. The number of rotatable bonds is 3. The summed E-state index contributed by atoms with van der Waals surface area (Å²) in [6, 6.07) is -0.257. The number of ether oxygens (including phenoxy) is 1. The lowest BCUT2D eigenvalue weighted by molar-refractivity contribution is -0.146. The maximum Gasteiger partial charge on any atom is 0.324 e. The normalized spacial score (nSPS) is 30.3. The quantitative estimate of drug-likeness (QED) is 0.655. The van der Waals surface area contributed by atoms with Gasteiger partial charge in [-0.2, -0.15) is 0 Å². The molecule has 1 aliphatic heterocycles. The monoisotopic (exact) mass is 200 g/mol. The van der Waals surface area contributed by atoms with Crippen molar-refractivity contribution in [3.8, 4) is 0 Å². The number of methoxy groups -OCH3 is 1. The number of nitrogens with zero attached hydrogens (tertiary/aromatic N) is 1. The van der Waals surface area contributed by atoms with Gasteiger partial charge < -0.3 is 10.5 Å². The Bertz CT molecular complexity index is 198. The number of carbonyl (C=O) groups is 1. The molecule has 1 heterocycles. The van der Waals surface area contributed by atoms with E-state index in [1.807, 2.05) is 0 Å². The van der Waals surface area contributed by atoms with Gasteiger partial charge in [0.2, 0.25) is 0 Å². The smallest absolute Gasteiger partial charge is 0.324 e. The maximum absolute atomic E-state index is 11.4. The minimum Gasteiger partial charge on any atom is -0.468 e. The van der Waals surface area contributed by atoms with Crippen LogP contribution in [-0.2, 0) is 9.53 Å². The Balaban J connectivity index is 2.59. The van der Waals surface area contributed by atoms with Crippen molar-refractivity contribution in [2.45, 2.75) is 19.9 Å². The van der Waals surface area contributed by atoms with Crippen LogP contribution in [0.2, 0.25) is 0 Å². The molecule has 4 heteroatoms. The molecule has 14 heavy (non-hydrogen) atoms. The highest BCUT2D eigenvalue weighted by atomic mass is 16.5. The molecule has 0 aliphatic carbocycles. The molecular weight excluding hydrogens is 180 g/mol. The number of hydrogen-bond donors (Lipinski definition) is 1. The summed E-state index contributed by atoms with van der Waals surface area (Å²) in [6.07, 6.45) is 0. The van der Waals surface area contributed by atoms with E-state index in [1.165, 1.54) is 7.11 Å². The Labute approximate surface area is 85.4 Å². The van der Waals surface area contributed by atoms with Gasteiger partial charge in [0.05, 0.1) is 7.11 Å². The molecule has 0 aromatic rings. The van der Waals surface area contributed by atoms with Gasteiger partial charge in [0.25, 0.3) is 0 Å². The number of esters is 1. The summed E-state index contributed by atoms with van der Waals surface area (Å²) in [4.78, 5) is 13.5. The van der Waals surface area contributed by atoms with E-state index in [-0.39, 0.29) is 12.0 Å². The summed E-state index contributed by atoms with van der Waals surface area (Å²) >= 11 is 0. The summed E-state index contributed by atoms with van der Waals surface area (Å²) < 4.78 is 4.73. The van der Waals surface area contributed by atoms with Gasteiger partial charge >= 0.3 is 5.97 Å². The molecule has 0 aromatic carbocycles. The first-order valence-corrected chi connectivity index (χ1v) is 5.12. The van der Waals surface area contributed by atoms with Crippen molar-refractivity contribution in [3.63, 3.8) is 0 Å². The van der Waals surface area contributed by atoms with Gasteiger partial charge in [-0.3, -0.25) is 9.69 Å². The Morgan fingerprint density at radius 3 is 2.36 bits per heavy atom. The van der Waals surface area contributed by atoms with Crippen LogP contribution >= 0.6 is 0 Å². The van der Waals surface area contributed by atoms with E-state index in [4.69, 9.17) is 10.5 Å². The van der Waals surface area contributed by atoms with Gasteiger partial charge in [0.1, 0.15) is 6.04 Å². The van der Waals surface area contributed by atoms with Crippen molar-refractivity contribution in [1.82, 2.24) is 4.90 Å². The summed E-state index contributed by atoms with van der Waals surface area (Å²) in [7, 11) is 1.41. The summed E-state index contributed by atoms with van der Waals surface area (Å²) in [5.41, 5.74) is 5.58. The molecule has 1 aliphatic rings. The molecule has 3 unspecified atom stereocenters. The van der Waals surface area contributed by atoms with Crippen molar-refractivity contribution >= 4 is 5.97 Å².